The van der Waals surface area contributed by atoms with E-state index in [4.69, 9.17) is 11.6 Å². The second-order valence-corrected chi connectivity index (χ2v) is 7.38. The molecule has 2 unspecified atom stereocenters. The van der Waals surface area contributed by atoms with Crippen molar-refractivity contribution in [3.8, 4) is 0 Å². The van der Waals surface area contributed by atoms with E-state index in [9.17, 15) is 15.0 Å². The van der Waals surface area contributed by atoms with Crippen LogP contribution in [0.3, 0.4) is 0 Å². The van der Waals surface area contributed by atoms with Crippen molar-refractivity contribution in [2.24, 2.45) is 0 Å². The van der Waals surface area contributed by atoms with Crippen molar-refractivity contribution >= 4 is 34.5 Å². The number of thiophene rings is 1. The fraction of sp³-hybridized carbons (Fsp3) is 0.333. The molecule has 0 aromatic carbocycles. The largest absolute Gasteiger partial charge is 0.545 e. The number of carbonyl (C=O) groups is 1. The van der Waals surface area contributed by atoms with Crippen LogP contribution in [-0.2, 0) is 11.2 Å². The van der Waals surface area contributed by atoms with E-state index in [1.807, 2.05) is 19.1 Å². The first-order valence-electron chi connectivity index (χ1n) is 7.87. The van der Waals surface area contributed by atoms with Crippen LogP contribution in [0.1, 0.15) is 35.4 Å². The number of pyridine rings is 1. The molecule has 2 N–H and O–H groups in total. The van der Waals surface area contributed by atoms with Gasteiger partial charge in [0.15, 0.2) is 0 Å². The highest BCUT2D eigenvalue weighted by Crippen LogP contribution is 2.25. The molecule has 0 aliphatic rings. The van der Waals surface area contributed by atoms with Gasteiger partial charge in [0.25, 0.3) is 0 Å². The van der Waals surface area contributed by atoms with E-state index >= 15 is 0 Å². The third-order valence-electron chi connectivity index (χ3n) is 3.63. The van der Waals surface area contributed by atoms with Gasteiger partial charge in [-0.1, -0.05) is 17.7 Å². The lowest BCUT2D eigenvalue weighted by Gasteiger charge is -2.16. The molecular weight excluding hydrogens is 360 g/mol. The summed E-state index contributed by atoms with van der Waals surface area (Å²) in [5.74, 6) is -1.19. The molecule has 2 atom stereocenters. The molecular formula is C18H20ClN2O3S-. The minimum absolute atomic E-state index is 0.144. The van der Waals surface area contributed by atoms with Crippen molar-refractivity contribution in [1.29, 1.82) is 0 Å². The number of allylic oxidation sites excluding steroid dienone is 1. The van der Waals surface area contributed by atoms with Crippen molar-refractivity contribution in [2.75, 3.05) is 6.54 Å². The second-order valence-electron chi connectivity index (χ2n) is 5.83. The normalized spacial score (nSPS) is 14.3. The summed E-state index contributed by atoms with van der Waals surface area (Å²) in [4.78, 5) is 16.8. The van der Waals surface area contributed by atoms with Crippen LogP contribution < -0.4 is 10.4 Å². The van der Waals surface area contributed by atoms with Crippen LogP contribution in [0.15, 0.2) is 36.4 Å². The molecule has 0 saturated carbocycles. The molecule has 0 spiro atoms. The molecule has 2 rings (SSSR count). The quantitative estimate of drug-likeness (QED) is 0.542. The average Bonchev–Trinajstić information content (AvgIpc) is 3.00. The molecule has 0 bridgehead atoms. The number of halogens is 1. The van der Waals surface area contributed by atoms with Crippen LogP contribution >= 0.6 is 22.9 Å². The fourth-order valence-corrected chi connectivity index (χ4v) is 3.63. The lowest BCUT2D eigenvalue weighted by atomic mass is 10.1. The summed E-state index contributed by atoms with van der Waals surface area (Å²) in [6, 6.07) is 9.20. The topological polar surface area (TPSA) is 85.3 Å². The number of aromatic nitrogens is 1. The monoisotopic (exact) mass is 379 g/mol. The van der Waals surface area contributed by atoms with Gasteiger partial charge in [0.1, 0.15) is 11.3 Å². The summed E-state index contributed by atoms with van der Waals surface area (Å²) >= 11 is 7.38. The lowest BCUT2D eigenvalue weighted by Crippen LogP contribution is -2.32. The van der Waals surface area contributed by atoms with E-state index in [-0.39, 0.29) is 6.04 Å². The summed E-state index contributed by atoms with van der Waals surface area (Å²) in [6.45, 7) is 4.15. The molecule has 2 aromatic heterocycles. The first kappa shape index (κ1) is 19.6. The van der Waals surface area contributed by atoms with Crippen LogP contribution in [0.25, 0.3) is 5.57 Å². The standard InChI is InChI=1S/C18H21ClN2O3S/c1-11(8-18(23)24)16-7-6-13(25-16)9-12(2)20-10-15(22)14-4-3-5-17(19)21-14/h3-8,12,15,20,22H,9-10H2,1-2H3,(H,23,24)/p-1/b11-8+. The van der Waals surface area contributed by atoms with Crippen molar-refractivity contribution in [3.63, 3.8) is 0 Å². The minimum Gasteiger partial charge on any atom is -0.545 e. The molecule has 5 nitrogen and oxygen atoms in total. The zero-order valence-electron chi connectivity index (χ0n) is 14.0. The number of hydrogen-bond donors (Lipinski definition) is 2. The molecule has 25 heavy (non-hydrogen) atoms. The third kappa shape index (κ3) is 6.25. The predicted molar refractivity (Wildman–Crippen MR) is 98.4 cm³/mol. The van der Waals surface area contributed by atoms with E-state index in [1.54, 1.807) is 36.5 Å². The fourth-order valence-electron chi connectivity index (χ4n) is 2.35. The minimum atomic E-state index is -1.19. The Labute approximate surface area is 156 Å². The Morgan fingerprint density at radius 3 is 2.88 bits per heavy atom. The number of aliphatic hydroxyl groups excluding tert-OH is 1. The van der Waals surface area contributed by atoms with Gasteiger partial charge in [-0.05, 0) is 56.2 Å². The summed E-state index contributed by atoms with van der Waals surface area (Å²) in [7, 11) is 0. The molecule has 0 aliphatic carbocycles. The van der Waals surface area contributed by atoms with Crippen LogP contribution in [-0.4, -0.2) is 28.6 Å². The Kier molecular flexibility index (Phi) is 7.13. The molecule has 0 aliphatic heterocycles. The highest BCUT2D eigenvalue weighted by atomic mass is 35.5. The second kappa shape index (κ2) is 9.10. The van der Waals surface area contributed by atoms with E-state index < -0.39 is 12.1 Å². The molecule has 0 saturated heterocycles. The first-order chi connectivity index (χ1) is 11.8. The number of carboxylic acids is 1. The summed E-state index contributed by atoms with van der Waals surface area (Å²) in [6.07, 6.45) is 1.15. The van der Waals surface area contributed by atoms with Crippen molar-refractivity contribution in [3.05, 3.63) is 57.0 Å². The molecule has 0 fully saturated rings. The number of carbonyl (C=O) groups excluding carboxylic acids is 1. The number of aliphatic carboxylic acids is 1. The Morgan fingerprint density at radius 2 is 2.20 bits per heavy atom. The van der Waals surface area contributed by atoms with Crippen molar-refractivity contribution in [2.45, 2.75) is 32.4 Å². The molecule has 0 amide bonds. The number of carboxylic acid groups (broad SMARTS) is 1. The Balaban J connectivity index is 1.87. The maximum atomic E-state index is 10.6. The van der Waals surface area contributed by atoms with Gasteiger partial charge in [-0.25, -0.2) is 4.98 Å². The van der Waals surface area contributed by atoms with Gasteiger partial charge in [-0.15, -0.1) is 11.3 Å². The first-order valence-corrected chi connectivity index (χ1v) is 9.07. The van der Waals surface area contributed by atoms with Gasteiger partial charge in [0, 0.05) is 22.3 Å². The molecule has 2 heterocycles. The van der Waals surface area contributed by atoms with E-state index in [0.717, 1.165) is 22.3 Å². The number of aliphatic hydroxyl groups is 1. The summed E-state index contributed by atoms with van der Waals surface area (Å²) in [5.41, 5.74) is 1.22. The van der Waals surface area contributed by atoms with Crippen LogP contribution in [0.2, 0.25) is 5.15 Å². The molecule has 7 heteroatoms. The third-order valence-corrected chi connectivity index (χ3v) is 5.08. The van der Waals surface area contributed by atoms with Gasteiger partial charge < -0.3 is 20.3 Å². The Bertz CT molecular complexity index is 760. The van der Waals surface area contributed by atoms with Gasteiger partial charge in [0.2, 0.25) is 0 Å². The molecule has 2 aromatic rings. The Morgan fingerprint density at radius 1 is 1.44 bits per heavy atom. The predicted octanol–water partition coefficient (Wildman–Crippen LogP) is 2.20. The number of rotatable bonds is 8. The maximum Gasteiger partial charge on any atom is 0.129 e. The average molecular weight is 380 g/mol. The van der Waals surface area contributed by atoms with E-state index in [2.05, 4.69) is 10.3 Å². The summed E-state index contributed by atoms with van der Waals surface area (Å²) < 4.78 is 0. The van der Waals surface area contributed by atoms with Gasteiger partial charge in [-0.3, -0.25) is 0 Å². The number of hydrogen-bond acceptors (Lipinski definition) is 6. The smallest absolute Gasteiger partial charge is 0.129 e. The number of nitrogens with one attached hydrogen (secondary N) is 1. The van der Waals surface area contributed by atoms with E-state index in [1.165, 1.54) is 0 Å². The highest BCUT2D eigenvalue weighted by Gasteiger charge is 2.12. The van der Waals surface area contributed by atoms with Gasteiger partial charge >= 0.3 is 0 Å². The summed E-state index contributed by atoms with van der Waals surface area (Å²) in [5, 5.41) is 24.4. The van der Waals surface area contributed by atoms with Crippen molar-refractivity contribution in [1.82, 2.24) is 10.3 Å². The van der Waals surface area contributed by atoms with Gasteiger partial charge in [0.05, 0.1) is 11.7 Å². The van der Waals surface area contributed by atoms with Crippen LogP contribution in [0.4, 0.5) is 0 Å². The Hall–Kier alpha value is -1.73. The zero-order chi connectivity index (χ0) is 18.4. The SMILES string of the molecule is C/C(=C\C(=O)[O-])c1ccc(CC(C)NCC(O)c2cccc(Cl)n2)s1. The van der Waals surface area contributed by atoms with E-state index in [0.29, 0.717) is 23.0 Å². The number of nitrogens with zero attached hydrogens (tertiary/aromatic N) is 1. The van der Waals surface area contributed by atoms with Crippen molar-refractivity contribution < 1.29 is 15.0 Å². The van der Waals surface area contributed by atoms with Crippen LogP contribution in [0, 0.1) is 0 Å². The molecule has 0 radical (unpaired) electrons. The van der Waals surface area contributed by atoms with Gasteiger partial charge in [-0.2, -0.15) is 0 Å². The highest BCUT2D eigenvalue weighted by molar-refractivity contribution is 7.13. The van der Waals surface area contributed by atoms with Crippen LogP contribution in [0.5, 0.6) is 0 Å². The maximum absolute atomic E-state index is 10.6. The zero-order valence-corrected chi connectivity index (χ0v) is 15.6. The lowest BCUT2D eigenvalue weighted by molar-refractivity contribution is -0.297. The molecule has 134 valence electrons.